The van der Waals surface area contributed by atoms with Crippen molar-refractivity contribution in [1.29, 1.82) is 0 Å². The minimum Gasteiger partial charge on any atom is -0.352 e. The summed E-state index contributed by atoms with van der Waals surface area (Å²) in [5.41, 5.74) is 2.34. The van der Waals surface area contributed by atoms with E-state index in [1.807, 2.05) is 24.3 Å². The lowest BCUT2D eigenvalue weighted by Gasteiger charge is -2.40. The molecule has 1 saturated carbocycles. The lowest BCUT2D eigenvalue weighted by molar-refractivity contribution is -0.257. The molecule has 1 unspecified atom stereocenters. The fraction of sp³-hybridized carbons (Fsp3) is 0.727. The van der Waals surface area contributed by atoms with Crippen molar-refractivity contribution >= 4 is 0 Å². The van der Waals surface area contributed by atoms with Gasteiger partial charge in [0.2, 0.25) is 0 Å². The molecule has 3 aliphatic rings. The minimum absolute atomic E-state index is 0.00567. The first-order valence-corrected chi connectivity index (χ1v) is 20.5. The van der Waals surface area contributed by atoms with Gasteiger partial charge in [-0.05, 0) is 69.4 Å². The number of hydrogen-bond acceptors (Lipinski definition) is 4. The van der Waals surface area contributed by atoms with E-state index < -0.39 is 17.9 Å². The molecule has 0 radical (unpaired) electrons. The molecule has 2 heterocycles. The zero-order valence-corrected chi connectivity index (χ0v) is 31.6. The van der Waals surface area contributed by atoms with Gasteiger partial charge in [0.25, 0.3) is 0 Å². The van der Waals surface area contributed by atoms with E-state index in [4.69, 9.17) is 18.9 Å². The molecule has 280 valence electrons. The highest BCUT2D eigenvalue weighted by Crippen LogP contribution is 2.42. The van der Waals surface area contributed by atoms with Crippen LogP contribution in [0.1, 0.15) is 167 Å². The topological polar surface area (TPSA) is 36.9 Å². The van der Waals surface area contributed by atoms with Crippen LogP contribution >= 0.6 is 0 Å². The summed E-state index contributed by atoms with van der Waals surface area (Å²) in [6.07, 6.45) is 21.0. The van der Waals surface area contributed by atoms with Crippen molar-refractivity contribution in [2.24, 2.45) is 17.8 Å². The Kier molecular flexibility index (Phi) is 16.1. The largest absolute Gasteiger partial charge is 0.352 e. The van der Waals surface area contributed by atoms with Gasteiger partial charge in [-0.3, -0.25) is 0 Å². The molecular weight excluding hydrogens is 630 g/mol. The van der Waals surface area contributed by atoms with Crippen LogP contribution < -0.4 is 0 Å². The number of hydrogen-bond donors (Lipinski definition) is 0. The Morgan fingerprint density at radius 1 is 0.600 bits per heavy atom. The summed E-state index contributed by atoms with van der Waals surface area (Å²) in [7, 11) is 0. The van der Waals surface area contributed by atoms with Crippen molar-refractivity contribution < 1.29 is 27.7 Å². The first-order chi connectivity index (χ1) is 24.4. The summed E-state index contributed by atoms with van der Waals surface area (Å²) in [6.45, 7) is 10.3. The molecule has 1 aliphatic carbocycles. The molecule has 6 atom stereocenters. The molecule has 2 aliphatic heterocycles. The van der Waals surface area contributed by atoms with E-state index in [0.717, 1.165) is 44.3 Å². The first kappa shape index (κ1) is 39.3. The Balaban J connectivity index is 1.07. The van der Waals surface area contributed by atoms with Crippen molar-refractivity contribution in [1.82, 2.24) is 0 Å². The Labute approximate surface area is 302 Å². The van der Waals surface area contributed by atoms with E-state index in [2.05, 4.69) is 27.7 Å². The van der Waals surface area contributed by atoms with Gasteiger partial charge < -0.3 is 18.9 Å². The molecular formula is C44H66F2O4. The van der Waals surface area contributed by atoms with Crippen LogP contribution in [0.15, 0.2) is 36.4 Å². The smallest absolute Gasteiger partial charge is 0.184 e. The molecule has 0 N–H and O–H groups in total. The van der Waals surface area contributed by atoms with Crippen LogP contribution in [0.2, 0.25) is 0 Å². The quantitative estimate of drug-likeness (QED) is 0.145. The predicted molar refractivity (Wildman–Crippen MR) is 199 cm³/mol. The van der Waals surface area contributed by atoms with Gasteiger partial charge in [0.05, 0.1) is 25.4 Å². The number of unbranched alkanes of at least 4 members (excludes halogenated alkanes) is 10. The predicted octanol–water partition coefficient (Wildman–Crippen LogP) is 12.8. The van der Waals surface area contributed by atoms with Crippen molar-refractivity contribution in [2.45, 2.75) is 174 Å². The molecule has 2 aromatic rings. The Morgan fingerprint density at radius 3 is 1.74 bits per heavy atom. The fourth-order valence-electron chi connectivity index (χ4n) is 8.46. The van der Waals surface area contributed by atoms with Crippen LogP contribution in [0.5, 0.6) is 0 Å². The monoisotopic (exact) mass is 696 g/mol. The summed E-state index contributed by atoms with van der Waals surface area (Å²) in [6, 6.07) is 11.1. The van der Waals surface area contributed by atoms with Gasteiger partial charge in [0.1, 0.15) is 0 Å². The summed E-state index contributed by atoms with van der Waals surface area (Å²) >= 11 is 0. The highest BCUT2D eigenvalue weighted by atomic mass is 19.2. The summed E-state index contributed by atoms with van der Waals surface area (Å²) in [5.74, 6) is -0.294. The summed E-state index contributed by atoms with van der Waals surface area (Å²) < 4.78 is 56.2. The van der Waals surface area contributed by atoms with Crippen LogP contribution in [-0.2, 0) is 18.9 Å². The zero-order chi connectivity index (χ0) is 35.3. The zero-order valence-electron chi connectivity index (χ0n) is 31.6. The average molecular weight is 697 g/mol. The summed E-state index contributed by atoms with van der Waals surface area (Å²) in [4.78, 5) is 0. The molecule has 3 fully saturated rings. The number of ether oxygens (including phenoxy) is 4. The van der Waals surface area contributed by atoms with E-state index in [1.54, 1.807) is 12.1 Å². The van der Waals surface area contributed by atoms with E-state index in [9.17, 15) is 0 Å². The molecule has 0 aromatic heterocycles. The van der Waals surface area contributed by atoms with Crippen LogP contribution in [0.3, 0.4) is 0 Å². The van der Waals surface area contributed by atoms with Crippen LogP contribution in [-0.4, -0.2) is 31.7 Å². The maximum atomic E-state index is 15.6. The highest BCUT2D eigenvalue weighted by Gasteiger charge is 2.37. The Hall–Kier alpha value is -1.86. The maximum absolute atomic E-state index is 15.6. The standard InChI is InChI=1S/C44H66F2O4/c1-5-7-9-11-13-15-17-37-29-47-43(49-31(37)3)35-23-19-33(20-24-35)39-27-28-40(42(46)41(39)45)34-21-25-36(26-22-34)44-48-30-38(32(4)50-44)18-16-14-12-10-8-6-2/h19-20,23-24,27-28,31-32,34,36-38,43-44H,5-18,21-22,25-26,29-30H2,1-4H3/t31?,32-,34?,36?,37+,38+,43+,44+/m0/s1. The lowest BCUT2D eigenvalue weighted by atomic mass is 9.77. The van der Waals surface area contributed by atoms with Crippen LogP contribution in [0, 0.1) is 29.4 Å². The van der Waals surface area contributed by atoms with Gasteiger partial charge in [0, 0.05) is 28.9 Å². The fourth-order valence-corrected chi connectivity index (χ4v) is 8.46. The second-order valence-corrected chi connectivity index (χ2v) is 15.7. The molecule has 2 saturated heterocycles. The van der Waals surface area contributed by atoms with Crippen LogP contribution in [0.4, 0.5) is 8.78 Å². The molecule has 0 spiro atoms. The molecule has 5 rings (SSSR count). The molecule has 50 heavy (non-hydrogen) atoms. The molecule has 4 nitrogen and oxygen atoms in total. The first-order valence-electron chi connectivity index (χ1n) is 20.5. The maximum Gasteiger partial charge on any atom is 0.184 e. The third-order valence-corrected chi connectivity index (χ3v) is 12.0. The average Bonchev–Trinajstić information content (AvgIpc) is 3.13. The van der Waals surface area contributed by atoms with Gasteiger partial charge >= 0.3 is 0 Å². The second kappa shape index (κ2) is 20.4. The molecule has 0 bridgehead atoms. The van der Waals surface area contributed by atoms with Crippen molar-refractivity contribution in [2.75, 3.05) is 13.2 Å². The third kappa shape index (κ3) is 10.8. The SMILES string of the molecule is CCCCCCCC[C@@H]1CO[C@@H](c2ccc(-c3ccc(C4CCC([C@@H]5OC[C@@H](CCCCCCCC)[C@H](C)O5)CC4)c(F)c3F)cc2)OC1C. The van der Waals surface area contributed by atoms with E-state index in [0.29, 0.717) is 35.5 Å². The lowest BCUT2D eigenvalue weighted by Crippen LogP contribution is -2.42. The summed E-state index contributed by atoms with van der Waals surface area (Å²) in [5, 5.41) is 0. The molecule has 6 heteroatoms. The number of halogens is 2. The Bertz CT molecular complexity index is 1260. The molecule has 0 amide bonds. The van der Waals surface area contributed by atoms with Gasteiger partial charge in [-0.15, -0.1) is 0 Å². The van der Waals surface area contributed by atoms with Gasteiger partial charge in [-0.25, -0.2) is 8.78 Å². The van der Waals surface area contributed by atoms with Gasteiger partial charge in [0.15, 0.2) is 24.2 Å². The highest BCUT2D eigenvalue weighted by molar-refractivity contribution is 5.65. The third-order valence-electron chi connectivity index (χ3n) is 12.0. The van der Waals surface area contributed by atoms with Crippen molar-refractivity contribution in [3.8, 4) is 11.1 Å². The van der Waals surface area contributed by atoms with E-state index >= 15 is 8.78 Å². The van der Waals surface area contributed by atoms with Crippen molar-refractivity contribution in [3.63, 3.8) is 0 Å². The van der Waals surface area contributed by atoms with Gasteiger partial charge in [-0.1, -0.05) is 127 Å². The normalized spacial score (nSPS) is 28.9. The van der Waals surface area contributed by atoms with Gasteiger partial charge in [-0.2, -0.15) is 0 Å². The van der Waals surface area contributed by atoms with Crippen LogP contribution in [0.25, 0.3) is 11.1 Å². The van der Waals surface area contributed by atoms with Crippen molar-refractivity contribution in [3.05, 3.63) is 59.2 Å². The van der Waals surface area contributed by atoms with E-state index in [1.165, 1.54) is 83.5 Å². The Morgan fingerprint density at radius 2 is 1.16 bits per heavy atom. The minimum atomic E-state index is -0.766. The molecule has 2 aromatic carbocycles. The number of benzene rings is 2. The second-order valence-electron chi connectivity index (χ2n) is 15.7. The number of rotatable bonds is 18. The van der Waals surface area contributed by atoms with E-state index in [-0.39, 0.29) is 30.0 Å².